The molecule has 0 spiro atoms. The molecule has 0 bridgehead atoms. The summed E-state index contributed by atoms with van der Waals surface area (Å²) in [6.45, 7) is 1.72. The van der Waals surface area contributed by atoms with Gasteiger partial charge in [0.15, 0.2) is 0 Å². The van der Waals surface area contributed by atoms with Gasteiger partial charge < -0.3 is 10.0 Å². The van der Waals surface area contributed by atoms with Gasteiger partial charge in [0.2, 0.25) is 5.91 Å². The number of rotatable bonds is 5. The molecule has 0 aliphatic heterocycles. The summed E-state index contributed by atoms with van der Waals surface area (Å²) >= 11 is 0. The molecule has 112 valence electrons. The normalized spacial score (nSPS) is 11.4. The van der Waals surface area contributed by atoms with Crippen molar-refractivity contribution in [1.29, 1.82) is 0 Å². The number of amides is 1. The van der Waals surface area contributed by atoms with E-state index in [2.05, 4.69) is 12.1 Å². The Bertz CT molecular complexity index is 648. The lowest BCUT2D eigenvalue weighted by Gasteiger charge is -2.19. The smallest absolute Gasteiger partial charge is 0.226 e. The molecule has 2 aromatic carbocycles. The molecule has 0 fully saturated rings. The summed E-state index contributed by atoms with van der Waals surface area (Å²) in [6, 6.07) is 20.7. The van der Waals surface area contributed by atoms with Crippen LogP contribution in [0.2, 0.25) is 0 Å². The van der Waals surface area contributed by atoms with Crippen LogP contribution in [0.1, 0.15) is 24.5 Å². The fourth-order valence-electron chi connectivity index (χ4n) is 2.10. The molecule has 0 atom stereocenters. The first kappa shape index (κ1) is 15.7. The number of carbonyl (C=O) groups is 1. The number of nitrogens with zero attached hydrogens (tertiary/aromatic N) is 1. The van der Waals surface area contributed by atoms with E-state index in [0.717, 1.165) is 5.56 Å². The number of benzene rings is 1. The highest BCUT2D eigenvalue weighted by Crippen LogP contribution is 2.17. The van der Waals surface area contributed by atoms with Gasteiger partial charge in [-0.2, -0.15) is 0 Å². The lowest BCUT2D eigenvalue weighted by Crippen LogP contribution is -2.26. The third-order valence-electron chi connectivity index (χ3n) is 3.59. The van der Waals surface area contributed by atoms with Crippen molar-refractivity contribution >= 4 is 11.7 Å². The van der Waals surface area contributed by atoms with E-state index in [0.29, 0.717) is 24.1 Å². The number of hydrogen-bond acceptors (Lipinski definition) is 2. The van der Waals surface area contributed by atoms with Crippen LogP contribution in [0.25, 0.3) is 5.76 Å². The fourth-order valence-corrected chi connectivity index (χ4v) is 2.10. The minimum atomic E-state index is -0.0344. The van der Waals surface area contributed by atoms with Gasteiger partial charge >= 0.3 is 0 Å². The summed E-state index contributed by atoms with van der Waals surface area (Å²) in [4.78, 5) is 13.7. The first-order chi connectivity index (χ1) is 10.6. The monoisotopic (exact) mass is 293 g/mol. The van der Waals surface area contributed by atoms with Crippen LogP contribution in [0.15, 0.2) is 54.2 Å². The van der Waals surface area contributed by atoms with Crippen molar-refractivity contribution in [2.24, 2.45) is 0 Å². The molecule has 1 amide bonds. The third-order valence-corrected chi connectivity index (χ3v) is 3.59. The Kier molecular flexibility index (Phi) is 5.21. The highest BCUT2D eigenvalue weighted by Gasteiger charge is 2.14. The Balaban J connectivity index is 2.03. The molecular formula is C19H19NO2. The predicted molar refractivity (Wildman–Crippen MR) is 86.9 cm³/mol. The van der Waals surface area contributed by atoms with Gasteiger partial charge in [-0.1, -0.05) is 48.5 Å². The van der Waals surface area contributed by atoms with Crippen molar-refractivity contribution in [1.82, 2.24) is 4.90 Å². The van der Waals surface area contributed by atoms with E-state index in [-0.39, 0.29) is 11.7 Å². The van der Waals surface area contributed by atoms with E-state index >= 15 is 0 Å². The van der Waals surface area contributed by atoms with Gasteiger partial charge in [0, 0.05) is 13.5 Å². The average Bonchev–Trinajstić information content (AvgIpc) is 2.59. The number of carbonyl (C=O) groups excluding carboxylic acids is 1. The molecule has 0 unspecified atom stereocenters. The predicted octanol–water partition coefficient (Wildman–Crippen LogP) is 3.62. The van der Waals surface area contributed by atoms with Gasteiger partial charge in [0.05, 0.1) is 11.3 Å². The first-order valence-electron chi connectivity index (χ1n) is 7.18. The number of allylic oxidation sites excluding steroid dienone is 1. The molecule has 0 radical (unpaired) electrons. The largest absolute Gasteiger partial charge is 0.505 e. The van der Waals surface area contributed by atoms with Gasteiger partial charge in [0.25, 0.3) is 0 Å². The highest BCUT2D eigenvalue weighted by atomic mass is 16.3. The first-order valence-corrected chi connectivity index (χ1v) is 7.18. The maximum atomic E-state index is 12.3. The molecule has 0 saturated heterocycles. The van der Waals surface area contributed by atoms with Crippen molar-refractivity contribution in [3.8, 4) is 0 Å². The zero-order chi connectivity index (χ0) is 15.9. The van der Waals surface area contributed by atoms with E-state index in [1.807, 2.05) is 30.3 Å². The van der Waals surface area contributed by atoms with Gasteiger partial charge in [0.1, 0.15) is 5.76 Å². The van der Waals surface area contributed by atoms with E-state index in [4.69, 9.17) is 0 Å². The van der Waals surface area contributed by atoms with Crippen LogP contribution in [-0.4, -0.2) is 23.0 Å². The fraction of sp³-hybridized carbons (Fsp3) is 0.211. The molecule has 0 aromatic heterocycles. The molecule has 22 heavy (non-hydrogen) atoms. The molecule has 3 heteroatoms. The summed E-state index contributed by atoms with van der Waals surface area (Å²) in [7, 11) is 1.67. The maximum Gasteiger partial charge on any atom is 0.226 e. The van der Waals surface area contributed by atoms with Crippen molar-refractivity contribution < 1.29 is 9.90 Å². The van der Waals surface area contributed by atoms with E-state index in [9.17, 15) is 9.90 Å². The van der Waals surface area contributed by atoms with Crippen LogP contribution in [0, 0.1) is 12.1 Å². The molecule has 0 heterocycles. The Morgan fingerprint density at radius 1 is 1.18 bits per heavy atom. The van der Waals surface area contributed by atoms with E-state index < -0.39 is 0 Å². The van der Waals surface area contributed by atoms with Gasteiger partial charge in [-0.25, -0.2) is 0 Å². The minimum absolute atomic E-state index is 0.0344. The van der Waals surface area contributed by atoms with E-state index in [1.165, 1.54) is 4.90 Å². The van der Waals surface area contributed by atoms with Gasteiger partial charge in [-0.15, -0.1) is 0 Å². The average molecular weight is 293 g/mol. The number of aliphatic hydroxyl groups excluding tert-OH is 1. The van der Waals surface area contributed by atoms with Crippen LogP contribution in [0.5, 0.6) is 0 Å². The van der Waals surface area contributed by atoms with E-state index in [1.54, 1.807) is 32.2 Å². The van der Waals surface area contributed by atoms with Gasteiger partial charge in [-0.05, 0) is 31.0 Å². The van der Waals surface area contributed by atoms with Crippen LogP contribution >= 0.6 is 0 Å². The quantitative estimate of drug-likeness (QED) is 0.855. The molecule has 0 saturated carbocycles. The topological polar surface area (TPSA) is 40.5 Å². The summed E-state index contributed by atoms with van der Waals surface area (Å²) in [5.41, 5.74) is 2.16. The SMILES string of the molecule is C/C(=C(/O)c1c#cccc1)N(C)C(=O)CCc1ccccc1. The number of hydrogen-bond donors (Lipinski definition) is 1. The summed E-state index contributed by atoms with van der Waals surface area (Å²) < 4.78 is 0. The summed E-state index contributed by atoms with van der Waals surface area (Å²) in [5, 5.41) is 10.2. The molecule has 2 aromatic rings. The lowest BCUT2D eigenvalue weighted by molar-refractivity contribution is -0.128. The molecule has 0 aliphatic carbocycles. The molecule has 0 aliphatic rings. The number of aliphatic hydroxyl groups is 1. The van der Waals surface area contributed by atoms with Crippen LogP contribution < -0.4 is 0 Å². The lowest BCUT2D eigenvalue weighted by atomic mass is 10.1. The van der Waals surface area contributed by atoms with Crippen molar-refractivity contribution in [2.75, 3.05) is 7.05 Å². The van der Waals surface area contributed by atoms with Crippen LogP contribution in [0.3, 0.4) is 0 Å². The molecule has 1 N–H and O–H groups in total. The second-order valence-corrected chi connectivity index (χ2v) is 5.08. The third kappa shape index (κ3) is 3.89. The molecular weight excluding hydrogens is 274 g/mol. The minimum Gasteiger partial charge on any atom is -0.505 e. The summed E-state index contributed by atoms with van der Waals surface area (Å²) in [6.07, 6.45) is 1.08. The maximum absolute atomic E-state index is 12.3. The van der Waals surface area contributed by atoms with Gasteiger partial charge in [-0.3, -0.25) is 4.79 Å². The Morgan fingerprint density at radius 2 is 1.91 bits per heavy atom. The highest BCUT2D eigenvalue weighted by molar-refractivity contribution is 5.80. The Hall–Kier alpha value is -2.73. The Labute approximate surface area is 131 Å². The van der Waals surface area contributed by atoms with Crippen LogP contribution in [0.4, 0.5) is 0 Å². The van der Waals surface area contributed by atoms with Crippen molar-refractivity contribution in [3.63, 3.8) is 0 Å². The standard InChI is InChI=1S/C19H19NO2/c1-15(19(22)17-11-7-4-8-12-17)20(2)18(21)14-13-16-9-5-3-6-10-16/h3-7,9-11,22H,13-14H2,1-2H3/b19-15-. The zero-order valence-corrected chi connectivity index (χ0v) is 12.8. The zero-order valence-electron chi connectivity index (χ0n) is 12.8. The summed E-state index contributed by atoms with van der Waals surface area (Å²) in [5.74, 6) is 0.0141. The van der Waals surface area contributed by atoms with Crippen LogP contribution in [-0.2, 0) is 11.2 Å². The second kappa shape index (κ2) is 7.33. The molecule has 3 nitrogen and oxygen atoms in total. The molecule has 2 rings (SSSR count). The number of aryl methyl sites for hydroxylation is 1. The second-order valence-electron chi connectivity index (χ2n) is 5.08. The van der Waals surface area contributed by atoms with Crippen molar-refractivity contribution in [2.45, 2.75) is 19.8 Å². The Morgan fingerprint density at radius 3 is 2.55 bits per heavy atom. The van der Waals surface area contributed by atoms with Crippen molar-refractivity contribution in [3.05, 3.63) is 77.5 Å².